The highest BCUT2D eigenvalue weighted by molar-refractivity contribution is 6.04. The second-order valence-corrected chi connectivity index (χ2v) is 7.11. The van der Waals surface area contributed by atoms with Crippen LogP contribution in [0.1, 0.15) is 28.9 Å². The van der Waals surface area contributed by atoms with Crippen molar-refractivity contribution in [2.75, 3.05) is 24.9 Å². The molecule has 10 nitrogen and oxygen atoms in total. The van der Waals surface area contributed by atoms with Gasteiger partial charge < -0.3 is 20.1 Å². The SMILES string of the molecule is COc1cc(C(=O)Nc2cccc([C@H](C)Nc3cnc4cnn(C)c4n3)c2)cnc1OC. The lowest BCUT2D eigenvalue weighted by atomic mass is 10.1. The predicted molar refractivity (Wildman–Crippen MR) is 120 cm³/mol. The normalized spacial score (nSPS) is 11.8. The van der Waals surface area contributed by atoms with Crippen molar-refractivity contribution in [3.05, 3.63) is 60.0 Å². The van der Waals surface area contributed by atoms with E-state index >= 15 is 0 Å². The summed E-state index contributed by atoms with van der Waals surface area (Å²) in [6, 6.07) is 9.09. The van der Waals surface area contributed by atoms with Crippen molar-refractivity contribution >= 4 is 28.6 Å². The maximum Gasteiger partial charge on any atom is 0.257 e. The Morgan fingerprint density at radius 1 is 1.09 bits per heavy atom. The number of aryl methyl sites for hydroxylation is 1. The van der Waals surface area contributed by atoms with E-state index in [2.05, 4.69) is 30.7 Å². The molecule has 1 amide bonds. The molecule has 2 N–H and O–H groups in total. The van der Waals surface area contributed by atoms with Crippen molar-refractivity contribution in [2.24, 2.45) is 7.05 Å². The number of fused-ring (bicyclic) bond motifs is 1. The lowest BCUT2D eigenvalue weighted by molar-refractivity contribution is 0.102. The number of carbonyl (C=O) groups is 1. The van der Waals surface area contributed by atoms with Gasteiger partial charge in [0.15, 0.2) is 11.4 Å². The third-order valence-corrected chi connectivity index (χ3v) is 4.94. The van der Waals surface area contributed by atoms with E-state index in [1.54, 1.807) is 23.1 Å². The molecule has 0 aliphatic rings. The quantitative estimate of drug-likeness (QED) is 0.456. The molecule has 0 bridgehead atoms. The first kappa shape index (κ1) is 21.0. The van der Waals surface area contributed by atoms with Gasteiger partial charge >= 0.3 is 0 Å². The van der Waals surface area contributed by atoms with Crippen LogP contribution >= 0.6 is 0 Å². The Bertz CT molecular complexity index is 1270. The molecular weight excluding hydrogens is 410 g/mol. The van der Waals surface area contributed by atoms with Crippen molar-refractivity contribution in [3.8, 4) is 11.6 Å². The molecule has 0 saturated heterocycles. The van der Waals surface area contributed by atoms with E-state index in [4.69, 9.17) is 9.47 Å². The molecule has 10 heteroatoms. The number of rotatable bonds is 7. The zero-order valence-corrected chi connectivity index (χ0v) is 18.2. The highest BCUT2D eigenvalue weighted by Gasteiger charge is 2.14. The minimum atomic E-state index is -0.302. The van der Waals surface area contributed by atoms with Gasteiger partial charge in [0.05, 0.1) is 38.2 Å². The van der Waals surface area contributed by atoms with E-state index in [1.165, 1.54) is 20.4 Å². The van der Waals surface area contributed by atoms with E-state index in [9.17, 15) is 4.79 Å². The van der Waals surface area contributed by atoms with Crippen LogP contribution in [0.3, 0.4) is 0 Å². The van der Waals surface area contributed by atoms with Crippen LogP contribution in [0.4, 0.5) is 11.5 Å². The van der Waals surface area contributed by atoms with E-state index in [-0.39, 0.29) is 11.9 Å². The Morgan fingerprint density at radius 2 is 1.94 bits per heavy atom. The molecule has 3 aromatic heterocycles. The van der Waals surface area contributed by atoms with Gasteiger partial charge in [0.2, 0.25) is 0 Å². The smallest absolute Gasteiger partial charge is 0.257 e. The van der Waals surface area contributed by atoms with Gasteiger partial charge in [0, 0.05) is 25.0 Å². The number of hydrogen-bond donors (Lipinski definition) is 2. The summed E-state index contributed by atoms with van der Waals surface area (Å²) in [5.41, 5.74) is 3.43. The number of hydrogen-bond acceptors (Lipinski definition) is 8. The molecule has 0 fully saturated rings. The molecule has 0 spiro atoms. The van der Waals surface area contributed by atoms with E-state index in [1.807, 2.05) is 38.2 Å². The summed E-state index contributed by atoms with van der Waals surface area (Å²) in [4.78, 5) is 25.7. The Morgan fingerprint density at radius 3 is 2.72 bits per heavy atom. The van der Waals surface area contributed by atoms with Gasteiger partial charge in [-0.3, -0.25) is 4.79 Å². The molecule has 4 rings (SSSR count). The number of ether oxygens (including phenoxy) is 2. The van der Waals surface area contributed by atoms with Crippen LogP contribution in [0.2, 0.25) is 0 Å². The molecule has 164 valence electrons. The van der Waals surface area contributed by atoms with E-state index in [0.29, 0.717) is 34.3 Å². The summed E-state index contributed by atoms with van der Waals surface area (Å²) in [6.45, 7) is 2.01. The molecule has 32 heavy (non-hydrogen) atoms. The molecular formula is C22H23N7O3. The fourth-order valence-electron chi connectivity index (χ4n) is 3.23. The van der Waals surface area contributed by atoms with Crippen LogP contribution in [0.15, 0.2) is 48.9 Å². The predicted octanol–water partition coefficient (Wildman–Crippen LogP) is 3.20. The maximum absolute atomic E-state index is 12.7. The van der Waals surface area contributed by atoms with Crippen LogP contribution in [-0.2, 0) is 7.05 Å². The van der Waals surface area contributed by atoms with Gasteiger partial charge in [-0.1, -0.05) is 12.1 Å². The molecule has 3 heterocycles. The van der Waals surface area contributed by atoms with Crippen LogP contribution in [0.25, 0.3) is 11.2 Å². The average molecular weight is 433 g/mol. The topological polar surface area (TPSA) is 116 Å². The summed E-state index contributed by atoms with van der Waals surface area (Å²) >= 11 is 0. The molecule has 0 unspecified atom stereocenters. The van der Waals surface area contributed by atoms with Crippen molar-refractivity contribution < 1.29 is 14.3 Å². The molecule has 0 aliphatic heterocycles. The first-order chi connectivity index (χ1) is 15.5. The number of methoxy groups -OCH3 is 2. The minimum Gasteiger partial charge on any atom is -0.491 e. The minimum absolute atomic E-state index is 0.0745. The zero-order chi connectivity index (χ0) is 22.7. The van der Waals surface area contributed by atoms with Crippen LogP contribution in [-0.4, -0.2) is 44.9 Å². The van der Waals surface area contributed by atoms with E-state index in [0.717, 1.165) is 11.1 Å². The van der Waals surface area contributed by atoms with Gasteiger partial charge in [-0.2, -0.15) is 5.10 Å². The first-order valence-corrected chi connectivity index (χ1v) is 9.89. The summed E-state index contributed by atoms with van der Waals surface area (Å²) in [5.74, 6) is 1.04. The second-order valence-electron chi connectivity index (χ2n) is 7.11. The van der Waals surface area contributed by atoms with Crippen molar-refractivity contribution in [1.82, 2.24) is 24.7 Å². The maximum atomic E-state index is 12.7. The van der Waals surface area contributed by atoms with Gasteiger partial charge in [0.25, 0.3) is 11.8 Å². The lowest BCUT2D eigenvalue weighted by Gasteiger charge is -2.16. The highest BCUT2D eigenvalue weighted by Crippen LogP contribution is 2.26. The number of nitrogens with zero attached hydrogens (tertiary/aromatic N) is 5. The molecule has 1 aromatic carbocycles. The van der Waals surface area contributed by atoms with Crippen molar-refractivity contribution in [2.45, 2.75) is 13.0 Å². The number of anilines is 2. The summed E-state index contributed by atoms with van der Waals surface area (Å²) < 4.78 is 12.0. The summed E-state index contributed by atoms with van der Waals surface area (Å²) in [7, 11) is 4.81. The Kier molecular flexibility index (Phi) is 5.84. The Balaban J connectivity index is 1.48. The fourth-order valence-corrected chi connectivity index (χ4v) is 3.23. The van der Waals surface area contributed by atoms with Gasteiger partial charge in [-0.25, -0.2) is 19.6 Å². The number of benzene rings is 1. The first-order valence-electron chi connectivity index (χ1n) is 9.89. The number of aromatic nitrogens is 5. The standard InChI is InChI=1S/C22H23N7O3/c1-13(26-19-12-23-17-11-25-29(2)20(17)28-19)14-6-5-7-16(8-14)27-21(30)15-9-18(31-3)22(32-4)24-10-15/h5-13H,1-4H3,(H,26,28)(H,27,30)/t13-/m0/s1. The zero-order valence-electron chi connectivity index (χ0n) is 18.2. The lowest BCUT2D eigenvalue weighted by Crippen LogP contribution is -2.14. The number of amides is 1. The number of pyridine rings is 1. The average Bonchev–Trinajstić information content (AvgIpc) is 3.18. The third kappa shape index (κ3) is 4.29. The number of nitrogens with one attached hydrogen (secondary N) is 2. The molecule has 0 radical (unpaired) electrons. The number of carbonyl (C=O) groups excluding carboxylic acids is 1. The Labute approximate surface area is 184 Å². The summed E-state index contributed by atoms with van der Waals surface area (Å²) in [5, 5.41) is 10.4. The highest BCUT2D eigenvalue weighted by atomic mass is 16.5. The second kappa shape index (κ2) is 8.88. The van der Waals surface area contributed by atoms with Gasteiger partial charge in [-0.05, 0) is 24.6 Å². The molecule has 4 aromatic rings. The van der Waals surface area contributed by atoms with Crippen LogP contribution in [0.5, 0.6) is 11.6 Å². The van der Waals surface area contributed by atoms with Gasteiger partial charge in [0.1, 0.15) is 11.3 Å². The Hall–Kier alpha value is -4.21. The van der Waals surface area contributed by atoms with E-state index < -0.39 is 0 Å². The van der Waals surface area contributed by atoms with Crippen molar-refractivity contribution in [1.29, 1.82) is 0 Å². The van der Waals surface area contributed by atoms with Crippen LogP contribution < -0.4 is 20.1 Å². The monoisotopic (exact) mass is 433 g/mol. The molecule has 1 atom stereocenters. The van der Waals surface area contributed by atoms with Crippen LogP contribution in [0, 0.1) is 0 Å². The largest absolute Gasteiger partial charge is 0.491 e. The van der Waals surface area contributed by atoms with Gasteiger partial charge in [-0.15, -0.1) is 0 Å². The third-order valence-electron chi connectivity index (χ3n) is 4.94. The fraction of sp³-hybridized carbons (Fsp3) is 0.227. The molecule has 0 aliphatic carbocycles. The molecule has 0 saturated carbocycles. The summed E-state index contributed by atoms with van der Waals surface area (Å²) in [6.07, 6.45) is 4.80. The van der Waals surface area contributed by atoms with Crippen molar-refractivity contribution in [3.63, 3.8) is 0 Å².